The Morgan fingerprint density at radius 1 is 0.662 bits per heavy atom. The lowest BCUT2D eigenvalue weighted by Crippen LogP contribution is -2.56. The Morgan fingerprint density at radius 3 is 1.38 bits per heavy atom. The topological polar surface area (TPSA) is 159 Å². The van der Waals surface area contributed by atoms with Gasteiger partial charge in [0.15, 0.2) is 5.69 Å². The van der Waals surface area contributed by atoms with Crippen molar-refractivity contribution in [3.8, 4) is 0 Å². The molecule has 0 spiro atoms. The second-order valence-corrected chi connectivity index (χ2v) is 18.9. The van der Waals surface area contributed by atoms with Crippen LogP contribution in [0.15, 0.2) is 12.4 Å². The van der Waals surface area contributed by atoms with Gasteiger partial charge in [0.1, 0.15) is 17.3 Å². The molecule has 0 unspecified atom stereocenters. The van der Waals surface area contributed by atoms with Crippen LogP contribution in [0.2, 0.25) is 0 Å². The molecule has 4 aliphatic heterocycles. The largest absolute Gasteiger partial charge is 0.476 e. The van der Waals surface area contributed by atoms with Crippen molar-refractivity contribution in [3.05, 3.63) is 35.4 Å². The van der Waals surface area contributed by atoms with E-state index in [2.05, 4.69) is 24.3 Å². The molecule has 6 aliphatic rings. The van der Waals surface area contributed by atoms with Crippen molar-refractivity contribution in [2.24, 2.45) is 5.41 Å². The Balaban J connectivity index is 0.000000198. The number of aromatic carboxylic acids is 1. The van der Waals surface area contributed by atoms with Crippen molar-refractivity contribution in [2.45, 2.75) is 159 Å². The summed E-state index contributed by atoms with van der Waals surface area (Å²) in [5, 5.41) is 8.85. The number of carbonyl (C=O) groups excluding carboxylic acids is 3. The number of aromatic nitrogens is 4. The molecule has 2 aliphatic carbocycles. The van der Waals surface area contributed by atoms with E-state index >= 15 is 0 Å². The van der Waals surface area contributed by atoms with Crippen molar-refractivity contribution < 1.29 is 89.2 Å². The first-order valence-electron chi connectivity index (χ1n) is 23.8. The van der Waals surface area contributed by atoms with Crippen molar-refractivity contribution in [3.63, 3.8) is 0 Å². The lowest BCUT2D eigenvalue weighted by Gasteiger charge is -2.44. The number of hydrogen-bond donors (Lipinski definition) is 1. The minimum atomic E-state index is -5.79. The average Bonchev–Trinajstić information content (AvgIpc) is 4.13. The van der Waals surface area contributed by atoms with Crippen LogP contribution in [0.1, 0.15) is 114 Å². The number of rotatable bonds is 8. The maximum Gasteiger partial charge on any atom is 0.434 e. The monoisotopic (exact) mass is 1040 g/mol. The molecule has 0 aromatic carbocycles. The number of alkyl halides is 12. The zero-order valence-electron chi connectivity index (χ0n) is 41.2. The van der Waals surface area contributed by atoms with Gasteiger partial charge in [-0.05, 0) is 63.7 Å². The zero-order valence-corrected chi connectivity index (χ0v) is 39.2. The molecule has 3 amide bonds. The number of hydrogen-bond acceptors (Lipinski definition) is 10. The summed E-state index contributed by atoms with van der Waals surface area (Å²) in [6, 6.07) is -0.957. The first-order chi connectivity index (χ1) is 33.5. The number of likely N-dealkylation sites (tertiary alicyclic amines) is 2. The van der Waals surface area contributed by atoms with Crippen LogP contribution in [0.4, 0.5) is 62.3 Å². The van der Waals surface area contributed by atoms with E-state index < -0.39 is 72.6 Å². The Bertz CT molecular complexity index is 2290. The fraction of sp³-hybridized carbons (Fsp3) is 0.767. The second kappa shape index (κ2) is 20.8. The van der Waals surface area contributed by atoms with Gasteiger partial charge in [-0.3, -0.25) is 14.6 Å². The van der Waals surface area contributed by atoms with Gasteiger partial charge >= 0.3 is 42.9 Å². The molecular formula is C43H57F12N9O7. The Hall–Kier alpha value is -5.02. The summed E-state index contributed by atoms with van der Waals surface area (Å²) in [5.74, 6) is 0.0777. The smallest absolute Gasteiger partial charge is 0.434 e. The van der Waals surface area contributed by atoms with Gasteiger partial charge in [-0.25, -0.2) is 24.4 Å². The van der Waals surface area contributed by atoms with E-state index in [4.69, 9.17) is 7.85 Å². The Kier molecular flexibility index (Phi) is 15.4. The molecule has 2 saturated heterocycles. The number of fused-ring (bicyclic) bond motifs is 2. The number of carboxylic acid groups (broad SMARTS) is 1. The highest BCUT2D eigenvalue weighted by Gasteiger charge is 2.61. The number of imidazole rings is 2. The van der Waals surface area contributed by atoms with E-state index in [0.29, 0.717) is 44.8 Å². The SMILES string of the molecule is CCC1(C)CCN(C(=O)OC(C(F)(F)F)C(F)(F)F)CC1.[2H]C1(N2CCn3cc(C(=O)N(C)C4(C)CCN(C(=O)OC(C(F)(F)F)C(F)(F)F)CC4)nc3C2)CC1.[2H]C1(N2CCn3cc(C(=O)O)nc3C2)CC1. The van der Waals surface area contributed by atoms with Crippen LogP contribution in [0.3, 0.4) is 0 Å². The summed E-state index contributed by atoms with van der Waals surface area (Å²) in [6.07, 6.45) is -25.7. The molecule has 71 heavy (non-hydrogen) atoms. The molecule has 2 aromatic rings. The molecule has 8 rings (SSSR count). The van der Waals surface area contributed by atoms with Gasteiger partial charge in [0.25, 0.3) is 18.1 Å². The van der Waals surface area contributed by atoms with Crippen LogP contribution < -0.4 is 0 Å². The first-order valence-corrected chi connectivity index (χ1v) is 22.8. The third kappa shape index (κ3) is 13.9. The van der Waals surface area contributed by atoms with E-state index in [1.54, 1.807) is 26.4 Å². The molecule has 2 saturated carbocycles. The predicted molar refractivity (Wildman–Crippen MR) is 224 cm³/mol. The third-order valence-corrected chi connectivity index (χ3v) is 13.8. The van der Waals surface area contributed by atoms with Crippen molar-refractivity contribution >= 4 is 24.1 Å². The molecule has 6 heterocycles. The van der Waals surface area contributed by atoms with Crippen molar-refractivity contribution in [1.82, 2.24) is 43.6 Å². The number of carbonyl (C=O) groups is 4. The number of nitrogens with zero attached hydrogens (tertiary/aromatic N) is 9. The zero-order chi connectivity index (χ0) is 54.5. The summed E-state index contributed by atoms with van der Waals surface area (Å²) in [5.41, 5.74) is -0.543. The minimum Gasteiger partial charge on any atom is -0.476 e. The van der Waals surface area contributed by atoms with Gasteiger partial charge < -0.3 is 38.4 Å². The van der Waals surface area contributed by atoms with Crippen LogP contribution in [0.25, 0.3) is 0 Å². The number of piperidine rings is 2. The van der Waals surface area contributed by atoms with Crippen LogP contribution in [0.5, 0.6) is 0 Å². The quantitative estimate of drug-likeness (QED) is 0.255. The van der Waals surface area contributed by atoms with E-state index in [9.17, 15) is 71.9 Å². The first kappa shape index (κ1) is 52.3. The maximum atomic E-state index is 13.2. The minimum absolute atomic E-state index is 0.0514. The van der Waals surface area contributed by atoms with Crippen LogP contribution in [-0.2, 0) is 35.7 Å². The van der Waals surface area contributed by atoms with Gasteiger partial charge in [0.05, 0.1) is 13.1 Å². The standard InChI is InChI=1S/C21H27F6N5O3.C12H17F6NO2.C10H13N3O2/c1-19(5-7-30(8-6-19)18(34)35-17(20(22,23)24)21(25,26)27)29(2)16(33)14-11-32-10-9-31(13-3-4-13)12-15(32)28-14;1-3-10(2)4-6-19(7-5-10)9(20)21-8(11(13,14)15)12(16,17)18;14-10(15)8-5-13-4-3-12(7-1-2-7)6-9(13)11-8/h11,13,17H,3-10,12H2,1-2H3;8H,3-7H2,1-2H3;5,7H,1-4,6H2,(H,14,15)/i13D;;7D. The van der Waals surface area contributed by atoms with Gasteiger partial charge in [0.2, 0.25) is 0 Å². The highest BCUT2D eigenvalue weighted by molar-refractivity contribution is 5.92. The van der Waals surface area contributed by atoms with Crippen LogP contribution >= 0.6 is 0 Å². The predicted octanol–water partition coefficient (Wildman–Crippen LogP) is 8.11. The normalized spacial score (nSPS) is 22.1. The molecule has 2 aromatic heterocycles. The summed E-state index contributed by atoms with van der Waals surface area (Å²) in [4.78, 5) is 63.3. The van der Waals surface area contributed by atoms with E-state index in [-0.39, 0.29) is 61.7 Å². The summed E-state index contributed by atoms with van der Waals surface area (Å²) in [6.45, 7) is 9.33. The molecule has 0 atom stereocenters. The molecule has 0 radical (unpaired) electrons. The van der Waals surface area contributed by atoms with Crippen LogP contribution in [-0.4, -0.2) is 174 Å². The molecule has 4 fully saturated rings. The summed E-state index contributed by atoms with van der Waals surface area (Å²) >= 11 is 0. The maximum absolute atomic E-state index is 13.2. The van der Waals surface area contributed by atoms with Crippen molar-refractivity contribution in [1.29, 1.82) is 0 Å². The molecule has 1 N–H and O–H groups in total. The molecule has 28 heteroatoms. The summed E-state index contributed by atoms with van der Waals surface area (Å²) in [7, 11) is 1.55. The molecular weight excluding hydrogens is 983 g/mol. The third-order valence-electron chi connectivity index (χ3n) is 13.8. The number of amides is 3. The lowest BCUT2D eigenvalue weighted by atomic mass is 9.78. The van der Waals surface area contributed by atoms with E-state index in [1.165, 1.54) is 4.90 Å². The van der Waals surface area contributed by atoms with Gasteiger partial charge in [-0.1, -0.05) is 20.3 Å². The fourth-order valence-electron chi connectivity index (χ4n) is 8.49. The number of carboxylic acids is 1. The number of halogens is 12. The molecule has 16 nitrogen and oxygen atoms in total. The Labute approximate surface area is 403 Å². The number of ether oxygens (including phenoxy) is 2. The fourth-order valence-corrected chi connectivity index (χ4v) is 8.49. The van der Waals surface area contributed by atoms with Crippen LogP contribution in [0, 0.1) is 5.41 Å². The lowest BCUT2D eigenvalue weighted by molar-refractivity contribution is -0.309. The highest BCUT2D eigenvalue weighted by atomic mass is 19.4. The molecule has 400 valence electrons. The van der Waals surface area contributed by atoms with Gasteiger partial charge in [-0.2, -0.15) is 52.7 Å². The highest BCUT2D eigenvalue weighted by Crippen LogP contribution is 2.40. The van der Waals surface area contributed by atoms with Crippen molar-refractivity contribution in [2.75, 3.05) is 46.3 Å². The second-order valence-electron chi connectivity index (χ2n) is 18.9. The Morgan fingerprint density at radius 2 is 1.03 bits per heavy atom. The van der Waals surface area contributed by atoms with E-state index in [0.717, 1.165) is 60.8 Å². The van der Waals surface area contributed by atoms with E-state index in [1.807, 2.05) is 27.9 Å². The average molecular weight is 1040 g/mol. The summed E-state index contributed by atoms with van der Waals surface area (Å²) < 4.78 is 178. The van der Waals surface area contributed by atoms with Gasteiger partial charge in [0, 0.05) is 92.1 Å². The molecule has 0 bridgehead atoms. The van der Waals surface area contributed by atoms with Gasteiger partial charge in [-0.15, -0.1) is 0 Å².